The van der Waals surface area contributed by atoms with E-state index in [0.717, 1.165) is 12.2 Å². The molecular formula is C6H10N4. The van der Waals surface area contributed by atoms with Crippen LogP contribution in [0.25, 0.3) is 0 Å². The van der Waals surface area contributed by atoms with E-state index in [2.05, 4.69) is 17.0 Å². The molecule has 0 amide bonds. The van der Waals surface area contributed by atoms with Crippen LogP contribution >= 0.6 is 0 Å². The quantitative estimate of drug-likeness (QED) is 0.558. The summed E-state index contributed by atoms with van der Waals surface area (Å²) in [6.45, 7) is 2.10. The minimum Gasteiger partial charge on any atom is -0.321 e. The third-order valence-corrected chi connectivity index (χ3v) is 1.94. The lowest BCUT2D eigenvalue weighted by molar-refractivity contribution is 0.507. The number of nitrogens with two attached hydrogens (primary N) is 1. The molecule has 2 N–H and O–H groups in total. The molecule has 0 saturated carbocycles. The highest BCUT2D eigenvalue weighted by Crippen LogP contribution is 2.28. The van der Waals surface area contributed by atoms with Crippen molar-refractivity contribution in [2.75, 3.05) is 0 Å². The fourth-order valence-electron chi connectivity index (χ4n) is 1.44. The van der Waals surface area contributed by atoms with Gasteiger partial charge in [0, 0.05) is 0 Å². The Labute approximate surface area is 59.1 Å². The Kier molecular flexibility index (Phi) is 1.05. The minimum absolute atomic E-state index is 0.0949. The van der Waals surface area contributed by atoms with Crippen molar-refractivity contribution in [3.05, 3.63) is 12.2 Å². The van der Waals surface area contributed by atoms with E-state index < -0.39 is 0 Å². The smallest absolute Gasteiger partial charge is 0.144 e. The molecule has 0 aromatic carbocycles. The Balaban J connectivity index is 2.48. The molecule has 0 saturated heterocycles. The van der Waals surface area contributed by atoms with Gasteiger partial charge in [-0.1, -0.05) is 0 Å². The number of fused-ring (bicyclic) bond motifs is 1. The summed E-state index contributed by atoms with van der Waals surface area (Å²) in [6.07, 6.45) is 2.53. The molecule has 1 aromatic heterocycles. The van der Waals surface area contributed by atoms with E-state index in [0.29, 0.717) is 6.04 Å². The molecule has 10 heavy (non-hydrogen) atoms. The molecule has 0 unspecified atom stereocenters. The SMILES string of the molecule is C[C@H]1C[C@@H](N)c2ncnn21. The summed E-state index contributed by atoms with van der Waals surface area (Å²) >= 11 is 0. The van der Waals surface area contributed by atoms with Gasteiger partial charge in [0.25, 0.3) is 0 Å². The van der Waals surface area contributed by atoms with Crippen LogP contribution in [0.2, 0.25) is 0 Å². The lowest BCUT2D eigenvalue weighted by Gasteiger charge is -2.00. The maximum Gasteiger partial charge on any atom is 0.144 e. The summed E-state index contributed by atoms with van der Waals surface area (Å²) in [6, 6.07) is 0.519. The van der Waals surface area contributed by atoms with Crippen LogP contribution in [0.1, 0.15) is 31.3 Å². The van der Waals surface area contributed by atoms with Crippen LogP contribution in [-0.2, 0) is 0 Å². The first-order valence-electron chi connectivity index (χ1n) is 3.44. The lowest BCUT2D eigenvalue weighted by atomic mass is 10.2. The van der Waals surface area contributed by atoms with E-state index in [-0.39, 0.29) is 6.04 Å². The van der Waals surface area contributed by atoms with Crippen molar-refractivity contribution < 1.29 is 0 Å². The third-order valence-electron chi connectivity index (χ3n) is 1.94. The van der Waals surface area contributed by atoms with Crippen LogP contribution in [0.15, 0.2) is 6.33 Å². The summed E-state index contributed by atoms with van der Waals surface area (Å²) in [7, 11) is 0. The van der Waals surface area contributed by atoms with Crippen molar-refractivity contribution in [3.63, 3.8) is 0 Å². The van der Waals surface area contributed by atoms with Crippen LogP contribution in [0.4, 0.5) is 0 Å². The van der Waals surface area contributed by atoms with Gasteiger partial charge < -0.3 is 5.73 Å². The molecule has 1 aliphatic rings. The summed E-state index contributed by atoms with van der Waals surface area (Å²) in [5, 5.41) is 4.05. The van der Waals surface area contributed by atoms with Crippen molar-refractivity contribution in [1.82, 2.24) is 14.8 Å². The second-order valence-corrected chi connectivity index (χ2v) is 2.75. The highest BCUT2D eigenvalue weighted by molar-refractivity contribution is 5.01. The maximum atomic E-state index is 5.76. The third kappa shape index (κ3) is 0.593. The van der Waals surface area contributed by atoms with Crippen molar-refractivity contribution in [3.8, 4) is 0 Å². The normalized spacial score (nSPS) is 30.6. The number of rotatable bonds is 0. The Bertz CT molecular complexity index is 219. The van der Waals surface area contributed by atoms with Crippen LogP contribution in [0, 0.1) is 0 Å². The van der Waals surface area contributed by atoms with E-state index in [1.807, 2.05) is 4.68 Å². The van der Waals surface area contributed by atoms with Crippen molar-refractivity contribution in [2.45, 2.75) is 25.4 Å². The second-order valence-electron chi connectivity index (χ2n) is 2.75. The van der Waals surface area contributed by atoms with Gasteiger partial charge in [-0.25, -0.2) is 9.67 Å². The second kappa shape index (κ2) is 1.79. The largest absolute Gasteiger partial charge is 0.321 e. The van der Waals surface area contributed by atoms with Crippen LogP contribution in [0.3, 0.4) is 0 Å². The van der Waals surface area contributed by atoms with Gasteiger partial charge >= 0.3 is 0 Å². The number of nitrogens with zero attached hydrogens (tertiary/aromatic N) is 3. The predicted molar refractivity (Wildman–Crippen MR) is 36.3 cm³/mol. The van der Waals surface area contributed by atoms with Crippen LogP contribution in [0.5, 0.6) is 0 Å². The average Bonchev–Trinajstić information content (AvgIpc) is 2.39. The van der Waals surface area contributed by atoms with E-state index in [9.17, 15) is 0 Å². The molecule has 54 valence electrons. The van der Waals surface area contributed by atoms with Gasteiger partial charge in [-0.3, -0.25) is 0 Å². The van der Waals surface area contributed by atoms with E-state index in [4.69, 9.17) is 5.73 Å². The van der Waals surface area contributed by atoms with Crippen molar-refractivity contribution >= 4 is 0 Å². The Morgan fingerprint density at radius 3 is 3.30 bits per heavy atom. The topological polar surface area (TPSA) is 56.7 Å². The molecule has 0 bridgehead atoms. The molecule has 0 fully saturated rings. The standard InChI is InChI=1S/C6H10N4/c1-4-2-5(7)6-8-3-9-10(4)6/h3-5H,2,7H2,1H3/t4-,5+/m0/s1. The Morgan fingerprint density at radius 1 is 1.80 bits per heavy atom. The lowest BCUT2D eigenvalue weighted by Crippen LogP contribution is -2.06. The monoisotopic (exact) mass is 138 g/mol. The van der Waals surface area contributed by atoms with Gasteiger partial charge in [0.1, 0.15) is 12.2 Å². The first-order chi connectivity index (χ1) is 4.79. The van der Waals surface area contributed by atoms with Gasteiger partial charge in [0.2, 0.25) is 0 Å². The van der Waals surface area contributed by atoms with Gasteiger partial charge in [0.15, 0.2) is 0 Å². The first kappa shape index (κ1) is 5.85. The molecule has 2 rings (SSSR count). The highest BCUT2D eigenvalue weighted by Gasteiger charge is 2.26. The molecule has 4 nitrogen and oxygen atoms in total. The summed E-state index contributed by atoms with van der Waals surface area (Å²) < 4.78 is 1.89. The summed E-state index contributed by atoms with van der Waals surface area (Å²) in [5.41, 5.74) is 5.76. The zero-order valence-corrected chi connectivity index (χ0v) is 5.86. The fraction of sp³-hybridized carbons (Fsp3) is 0.667. The van der Waals surface area contributed by atoms with Crippen LogP contribution in [-0.4, -0.2) is 14.8 Å². The maximum absolute atomic E-state index is 5.76. The van der Waals surface area contributed by atoms with E-state index in [1.165, 1.54) is 0 Å². The molecular weight excluding hydrogens is 128 g/mol. The highest BCUT2D eigenvalue weighted by atomic mass is 15.4. The van der Waals surface area contributed by atoms with E-state index in [1.54, 1.807) is 6.33 Å². The number of hydrogen-bond donors (Lipinski definition) is 1. The van der Waals surface area contributed by atoms with Gasteiger partial charge in [0.05, 0.1) is 12.1 Å². The fourth-order valence-corrected chi connectivity index (χ4v) is 1.44. The van der Waals surface area contributed by atoms with Crippen molar-refractivity contribution in [2.24, 2.45) is 5.73 Å². The molecule has 2 heterocycles. The summed E-state index contributed by atoms with van der Waals surface area (Å²) in [4.78, 5) is 4.06. The van der Waals surface area contributed by atoms with Gasteiger partial charge in [-0.15, -0.1) is 0 Å². The molecule has 0 aliphatic carbocycles. The molecule has 0 spiro atoms. The number of aromatic nitrogens is 3. The number of hydrogen-bond acceptors (Lipinski definition) is 3. The summed E-state index contributed by atoms with van der Waals surface area (Å²) in [5.74, 6) is 0.924. The zero-order valence-electron chi connectivity index (χ0n) is 5.86. The molecule has 1 aliphatic heterocycles. The van der Waals surface area contributed by atoms with Gasteiger partial charge in [-0.05, 0) is 13.3 Å². The zero-order chi connectivity index (χ0) is 7.14. The minimum atomic E-state index is 0.0949. The first-order valence-corrected chi connectivity index (χ1v) is 3.44. The molecule has 4 heteroatoms. The average molecular weight is 138 g/mol. The van der Waals surface area contributed by atoms with Gasteiger partial charge in [-0.2, -0.15) is 5.10 Å². The van der Waals surface area contributed by atoms with Crippen molar-refractivity contribution in [1.29, 1.82) is 0 Å². The predicted octanol–water partition coefficient (Wildman–Crippen LogP) is 0.243. The molecule has 1 aromatic rings. The Hall–Kier alpha value is -0.900. The van der Waals surface area contributed by atoms with E-state index >= 15 is 0 Å². The molecule has 2 atom stereocenters. The molecule has 0 radical (unpaired) electrons. The Morgan fingerprint density at radius 2 is 2.60 bits per heavy atom. The van der Waals surface area contributed by atoms with Crippen LogP contribution < -0.4 is 5.73 Å².